The highest BCUT2D eigenvalue weighted by Crippen LogP contribution is 2.21. The van der Waals surface area contributed by atoms with Crippen LogP contribution in [0, 0.1) is 5.82 Å². The number of aromatic nitrogens is 2. The number of nitrogens with two attached hydrogens (primary N) is 1. The fourth-order valence-electron chi connectivity index (χ4n) is 3.40. The lowest BCUT2D eigenvalue weighted by atomic mass is 10.2. The molecule has 1 atom stereocenters. The van der Waals surface area contributed by atoms with E-state index < -0.39 is 29.1 Å². The first-order chi connectivity index (χ1) is 15.8. The summed E-state index contributed by atoms with van der Waals surface area (Å²) in [4.78, 5) is 42.1. The Bertz CT molecular complexity index is 1210. The van der Waals surface area contributed by atoms with Crippen LogP contribution >= 0.6 is 0 Å². The number of amides is 1. The number of benzene rings is 2. The van der Waals surface area contributed by atoms with Gasteiger partial charge in [-0.1, -0.05) is 43.7 Å². The van der Waals surface area contributed by atoms with Gasteiger partial charge in [0.2, 0.25) is 0 Å². The molecule has 1 unspecified atom stereocenters. The van der Waals surface area contributed by atoms with Crippen LogP contribution in [0.25, 0.3) is 0 Å². The lowest BCUT2D eigenvalue weighted by molar-refractivity contribution is -0.124. The van der Waals surface area contributed by atoms with Gasteiger partial charge in [0.25, 0.3) is 11.5 Å². The molecule has 0 aliphatic heterocycles. The van der Waals surface area contributed by atoms with Crippen molar-refractivity contribution in [2.24, 2.45) is 0 Å². The summed E-state index contributed by atoms with van der Waals surface area (Å²) in [6.07, 6.45) is 0.380. The number of unbranched alkanes of at least 4 members (excludes halogenated alkanes) is 1. The molecule has 0 spiro atoms. The van der Waals surface area contributed by atoms with E-state index >= 15 is 0 Å². The Balaban J connectivity index is 1.97. The largest absolute Gasteiger partial charge is 0.481 e. The predicted octanol–water partition coefficient (Wildman–Crippen LogP) is 2.91. The van der Waals surface area contributed by atoms with Gasteiger partial charge >= 0.3 is 5.69 Å². The van der Waals surface area contributed by atoms with Gasteiger partial charge in [-0.05, 0) is 43.2 Å². The van der Waals surface area contributed by atoms with Crippen LogP contribution in [-0.2, 0) is 11.3 Å². The predicted molar refractivity (Wildman–Crippen MR) is 125 cm³/mol. The second-order valence-corrected chi connectivity index (χ2v) is 7.62. The Morgan fingerprint density at radius 2 is 1.82 bits per heavy atom. The standard InChI is InChI=1S/C24H27FN4O4/c1-3-4-14-28(23(31)16(2)33-19-12-10-18(25)11-13-19)20-21(26)29(24(32)27-22(20)30)15-17-8-6-5-7-9-17/h5-13,16H,3-4,14-15,26H2,1-2H3,(H,27,30,32). The smallest absolute Gasteiger partial charge is 0.330 e. The summed E-state index contributed by atoms with van der Waals surface area (Å²) in [5.41, 5.74) is 5.58. The highest BCUT2D eigenvalue weighted by molar-refractivity contribution is 5.98. The number of anilines is 2. The normalized spacial score (nSPS) is 11.7. The van der Waals surface area contributed by atoms with Gasteiger partial charge in [0.05, 0.1) is 6.54 Å². The summed E-state index contributed by atoms with van der Waals surface area (Å²) in [5.74, 6) is -0.726. The second kappa shape index (κ2) is 10.6. The van der Waals surface area contributed by atoms with Crippen LogP contribution in [0.15, 0.2) is 64.2 Å². The van der Waals surface area contributed by atoms with E-state index in [9.17, 15) is 18.8 Å². The average Bonchev–Trinajstić information content (AvgIpc) is 2.80. The van der Waals surface area contributed by atoms with Crippen molar-refractivity contribution >= 4 is 17.4 Å². The molecular formula is C24H27FN4O4. The Labute approximate surface area is 190 Å². The third-order valence-electron chi connectivity index (χ3n) is 5.14. The number of nitrogens with zero attached hydrogens (tertiary/aromatic N) is 2. The summed E-state index contributed by atoms with van der Waals surface area (Å²) >= 11 is 0. The van der Waals surface area contributed by atoms with Crippen LogP contribution in [0.3, 0.4) is 0 Å². The van der Waals surface area contributed by atoms with Crippen molar-refractivity contribution in [3.63, 3.8) is 0 Å². The highest BCUT2D eigenvalue weighted by Gasteiger charge is 2.28. The number of nitrogen functional groups attached to an aromatic ring is 1. The van der Waals surface area contributed by atoms with Gasteiger partial charge < -0.3 is 15.4 Å². The summed E-state index contributed by atoms with van der Waals surface area (Å²) < 4.78 is 20.1. The van der Waals surface area contributed by atoms with Gasteiger partial charge in [0.1, 0.15) is 17.4 Å². The first-order valence-corrected chi connectivity index (χ1v) is 10.7. The molecule has 0 fully saturated rings. The van der Waals surface area contributed by atoms with Gasteiger partial charge in [-0.3, -0.25) is 19.1 Å². The number of carbonyl (C=O) groups excluding carboxylic acids is 1. The van der Waals surface area contributed by atoms with Crippen molar-refractivity contribution in [2.75, 3.05) is 17.2 Å². The highest BCUT2D eigenvalue weighted by atomic mass is 19.1. The number of rotatable bonds is 9. The average molecular weight is 455 g/mol. The maximum atomic E-state index is 13.3. The molecule has 0 radical (unpaired) electrons. The van der Waals surface area contributed by atoms with Crippen molar-refractivity contribution in [3.05, 3.63) is 86.8 Å². The molecule has 1 amide bonds. The molecule has 0 aliphatic rings. The molecule has 0 saturated heterocycles. The van der Waals surface area contributed by atoms with E-state index in [1.165, 1.54) is 40.7 Å². The van der Waals surface area contributed by atoms with E-state index in [0.717, 1.165) is 12.0 Å². The molecule has 9 heteroatoms. The fourth-order valence-corrected chi connectivity index (χ4v) is 3.40. The summed E-state index contributed by atoms with van der Waals surface area (Å²) in [5, 5.41) is 0. The van der Waals surface area contributed by atoms with Crippen molar-refractivity contribution in [3.8, 4) is 5.75 Å². The van der Waals surface area contributed by atoms with Crippen molar-refractivity contribution in [1.29, 1.82) is 0 Å². The maximum absolute atomic E-state index is 13.3. The topological polar surface area (TPSA) is 110 Å². The zero-order chi connectivity index (χ0) is 24.0. The lowest BCUT2D eigenvalue weighted by Crippen LogP contribution is -2.46. The van der Waals surface area contributed by atoms with Crippen LogP contribution in [-0.4, -0.2) is 28.1 Å². The molecule has 3 aromatic rings. The molecule has 3 rings (SSSR count). The zero-order valence-corrected chi connectivity index (χ0v) is 18.6. The number of halogens is 1. The molecule has 3 N–H and O–H groups in total. The van der Waals surface area contributed by atoms with Gasteiger partial charge in [0.15, 0.2) is 11.8 Å². The van der Waals surface area contributed by atoms with E-state index in [1.54, 1.807) is 0 Å². The third kappa shape index (κ3) is 5.68. The van der Waals surface area contributed by atoms with Crippen LogP contribution in [0.4, 0.5) is 15.9 Å². The van der Waals surface area contributed by atoms with E-state index in [2.05, 4.69) is 4.98 Å². The Kier molecular flexibility index (Phi) is 7.66. The van der Waals surface area contributed by atoms with Crippen LogP contribution in [0.5, 0.6) is 5.75 Å². The van der Waals surface area contributed by atoms with Gasteiger partial charge in [-0.25, -0.2) is 9.18 Å². The quantitative estimate of drug-likeness (QED) is 0.517. The molecule has 174 valence electrons. The second-order valence-electron chi connectivity index (χ2n) is 7.62. The van der Waals surface area contributed by atoms with Crippen LogP contribution in [0.2, 0.25) is 0 Å². The van der Waals surface area contributed by atoms with E-state index in [4.69, 9.17) is 10.5 Å². The Morgan fingerprint density at radius 1 is 1.15 bits per heavy atom. The minimum Gasteiger partial charge on any atom is -0.481 e. The fraction of sp³-hybridized carbons (Fsp3) is 0.292. The molecule has 33 heavy (non-hydrogen) atoms. The molecule has 0 bridgehead atoms. The van der Waals surface area contributed by atoms with Crippen LogP contribution < -0.4 is 26.6 Å². The SMILES string of the molecule is CCCCN(C(=O)C(C)Oc1ccc(F)cc1)c1c(N)n(Cc2ccccc2)c(=O)[nH]c1=O. The minimum atomic E-state index is -0.986. The number of hydrogen-bond donors (Lipinski definition) is 2. The lowest BCUT2D eigenvalue weighted by Gasteiger charge is -2.27. The van der Waals surface area contributed by atoms with Crippen molar-refractivity contribution in [1.82, 2.24) is 9.55 Å². The van der Waals surface area contributed by atoms with Crippen molar-refractivity contribution in [2.45, 2.75) is 39.3 Å². The molecule has 0 saturated carbocycles. The Morgan fingerprint density at radius 3 is 2.45 bits per heavy atom. The van der Waals surface area contributed by atoms with Crippen LogP contribution in [0.1, 0.15) is 32.3 Å². The number of H-pyrrole nitrogens is 1. The van der Waals surface area contributed by atoms with E-state index in [1.807, 2.05) is 37.3 Å². The molecule has 2 aromatic carbocycles. The van der Waals surface area contributed by atoms with Crippen molar-refractivity contribution < 1.29 is 13.9 Å². The summed E-state index contributed by atoms with van der Waals surface area (Å²) in [6.45, 7) is 3.83. The first kappa shape index (κ1) is 23.8. The van der Waals surface area contributed by atoms with Gasteiger partial charge in [0, 0.05) is 6.54 Å². The van der Waals surface area contributed by atoms with E-state index in [-0.39, 0.29) is 24.6 Å². The maximum Gasteiger partial charge on any atom is 0.330 e. The van der Waals surface area contributed by atoms with Gasteiger partial charge in [-0.15, -0.1) is 0 Å². The monoisotopic (exact) mass is 454 g/mol. The number of aromatic amines is 1. The van der Waals surface area contributed by atoms with Gasteiger partial charge in [-0.2, -0.15) is 0 Å². The number of carbonyl (C=O) groups is 1. The molecular weight excluding hydrogens is 427 g/mol. The molecule has 1 aromatic heterocycles. The molecule has 8 nitrogen and oxygen atoms in total. The Hall–Kier alpha value is -3.88. The minimum absolute atomic E-state index is 0.0986. The molecule has 1 heterocycles. The molecule has 0 aliphatic carbocycles. The van der Waals surface area contributed by atoms with E-state index in [0.29, 0.717) is 12.2 Å². The summed E-state index contributed by atoms with van der Waals surface area (Å²) in [7, 11) is 0. The number of hydrogen-bond acceptors (Lipinski definition) is 5. The number of ether oxygens (including phenoxy) is 1. The third-order valence-corrected chi connectivity index (χ3v) is 5.14. The first-order valence-electron chi connectivity index (χ1n) is 10.7. The zero-order valence-electron chi connectivity index (χ0n) is 18.6. The summed E-state index contributed by atoms with van der Waals surface area (Å²) in [6, 6.07) is 14.4. The number of nitrogens with one attached hydrogen (secondary N) is 1.